The average Bonchev–Trinajstić information content (AvgIpc) is 2.45. The third kappa shape index (κ3) is 6.13. The molecule has 5 nitrogen and oxygen atoms in total. The molecular formula is C14H20N2O3. The first-order chi connectivity index (χ1) is 9.13. The highest BCUT2D eigenvalue weighted by Crippen LogP contribution is 2.05. The van der Waals surface area contributed by atoms with Gasteiger partial charge in [0.25, 0.3) is 0 Å². The average molecular weight is 264 g/mol. The summed E-state index contributed by atoms with van der Waals surface area (Å²) in [5.41, 5.74) is 12.1. The first-order valence-electron chi connectivity index (χ1n) is 6.30. The maximum absolute atomic E-state index is 11.6. The van der Waals surface area contributed by atoms with E-state index >= 15 is 0 Å². The van der Waals surface area contributed by atoms with E-state index in [0.29, 0.717) is 25.5 Å². The van der Waals surface area contributed by atoms with Gasteiger partial charge in [0.2, 0.25) is 0 Å². The summed E-state index contributed by atoms with van der Waals surface area (Å²) in [7, 11) is 0. The highest BCUT2D eigenvalue weighted by atomic mass is 16.5. The molecular weight excluding hydrogens is 244 g/mol. The summed E-state index contributed by atoms with van der Waals surface area (Å²) in [6, 6.07) is 8.26. The summed E-state index contributed by atoms with van der Waals surface area (Å²) in [4.78, 5) is 21.9. The van der Waals surface area contributed by atoms with Crippen molar-refractivity contribution in [3.63, 3.8) is 0 Å². The van der Waals surface area contributed by atoms with Crippen LogP contribution in [0.15, 0.2) is 30.3 Å². The molecule has 0 spiro atoms. The van der Waals surface area contributed by atoms with Crippen LogP contribution in [-0.4, -0.2) is 24.3 Å². The molecule has 1 aromatic rings. The van der Waals surface area contributed by atoms with Crippen molar-refractivity contribution in [3.8, 4) is 0 Å². The quantitative estimate of drug-likeness (QED) is 0.533. The molecule has 19 heavy (non-hydrogen) atoms. The van der Waals surface area contributed by atoms with Gasteiger partial charge >= 0.3 is 5.97 Å². The molecule has 0 heterocycles. The van der Waals surface area contributed by atoms with E-state index in [1.807, 2.05) is 30.3 Å². The van der Waals surface area contributed by atoms with E-state index in [1.54, 1.807) is 0 Å². The minimum absolute atomic E-state index is 0.223. The van der Waals surface area contributed by atoms with Crippen molar-refractivity contribution < 1.29 is 14.3 Å². The molecule has 0 aliphatic carbocycles. The molecule has 0 saturated carbocycles. The Morgan fingerprint density at radius 2 is 1.89 bits per heavy atom. The minimum atomic E-state index is -0.664. The lowest BCUT2D eigenvalue weighted by Gasteiger charge is -2.12. The fraction of sp³-hybridized carbons (Fsp3) is 0.429. The molecule has 4 N–H and O–H groups in total. The van der Waals surface area contributed by atoms with Crippen LogP contribution in [0.3, 0.4) is 0 Å². The van der Waals surface area contributed by atoms with Crippen molar-refractivity contribution in [1.29, 1.82) is 0 Å². The molecule has 0 radical (unpaired) electrons. The van der Waals surface area contributed by atoms with Crippen molar-refractivity contribution in [2.45, 2.75) is 38.0 Å². The predicted octanol–water partition coefficient (Wildman–Crippen LogP) is 0.754. The fourth-order valence-electron chi connectivity index (χ4n) is 1.60. The number of nitrogens with two attached hydrogens (primary N) is 2. The summed E-state index contributed by atoms with van der Waals surface area (Å²) >= 11 is 0. The van der Waals surface area contributed by atoms with E-state index < -0.39 is 18.1 Å². The van der Waals surface area contributed by atoms with E-state index in [1.165, 1.54) is 0 Å². The second-order valence-corrected chi connectivity index (χ2v) is 4.43. The molecule has 0 amide bonds. The monoisotopic (exact) mass is 264 g/mol. The smallest absolute Gasteiger partial charge is 0.323 e. The normalized spacial score (nSPS) is 13.6. The Bertz CT molecular complexity index is 395. The van der Waals surface area contributed by atoms with Crippen LogP contribution in [0.25, 0.3) is 0 Å². The zero-order valence-electron chi connectivity index (χ0n) is 10.8. The summed E-state index contributed by atoms with van der Waals surface area (Å²) in [6.07, 6.45) is 2.32. The molecule has 1 unspecified atom stereocenters. The highest BCUT2D eigenvalue weighted by Gasteiger charge is 2.15. The third-order valence-electron chi connectivity index (χ3n) is 2.75. The van der Waals surface area contributed by atoms with E-state index in [-0.39, 0.29) is 6.61 Å². The van der Waals surface area contributed by atoms with Gasteiger partial charge in [0, 0.05) is 0 Å². The summed E-state index contributed by atoms with van der Waals surface area (Å²) < 4.78 is 5.11. The Kier molecular flexibility index (Phi) is 6.78. The largest absolute Gasteiger partial charge is 0.460 e. The van der Waals surface area contributed by atoms with Crippen LogP contribution >= 0.6 is 0 Å². The molecule has 0 fully saturated rings. The molecule has 0 aliphatic heterocycles. The van der Waals surface area contributed by atoms with Crippen LogP contribution in [0.4, 0.5) is 0 Å². The second-order valence-electron chi connectivity index (χ2n) is 4.43. The van der Waals surface area contributed by atoms with Gasteiger partial charge in [0.05, 0.1) is 6.04 Å². The number of carbonyl (C=O) groups is 2. The van der Waals surface area contributed by atoms with E-state index in [0.717, 1.165) is 5.56 Å². The molecule has 0 aliphatic rings. The number of carbonyl (C=O) groups excluding carboxylic acids is 2. The summed E-state index contributed by atoms with van der Waals surface area (Å²) in [5.74, 6) is -0.427. The topological polar surface area (TPSA) is 95.4 Å². The van der Waals surface area contributed by atoms with Crippen molar-refractivity contribution >= 4 is 12.3 Å². The lowest BCUT2D eigenvalue weighted by Crippen LogP contribution is -2.32. The van der Waals surface area contributed by atoms with Gasteiger partial charge in [0.15, 0.2) is 0 Å². The Labute approximate surface area is 112 Å². The minimum Gasteiger partial charge on any atom is -0.460 e. The molecule has 0 bridgehead atoms. The predicted molar refractivity (Wildman–Crippen MR) is 72.1 cm³/mol. The number of benzene rings is 1. The van der Waals surface area contributed by atoms with Gasteiger partial charge in [-0.2, -0.15) is 0 Å². The van der Waals surface area contributed by atoms with Crippen LogP contribution in [0.2, 0.25) is 0 Å². The molecule has 1 rings (SSSR count). The van der Waals surface area contributed by atoms with E-state index in [9.17, 15) is 9.59 Å². The lowest BCUT2D eigenvalue weighted by molar-refractivity contribution is -0.146. The highest BCUT2D eigenvalue weighted by molar-refractivity contribution is 5.75. The summed E-state index contributed by atoms with van der Waals surface area (Å²) in [5, 5.41) is 0. The van der Waals surface area contributed by atoms with Gasteiger partial charge in [0.1, 0.15) is 18.9 Å². The standard InChI is InChI=1S/C14H20N2O3/c15-12(9-17)7-4-8-13(16)14(18)19-10-11-5-2-1-3-6-11/h1-3,5-6,9,12-13H,4,7-8,10,15-16H2/t12-,13?/m0/s1. The van der Waals surface area contributed by atoms with Crippen LogP contribution in [0.1, 0.15) is 24.8 Å². The van der Waals surface area contributed by atoms with Crippen LogP contribution in [0, 0.1) is 0 Å². The lowest BCUT2D eigenvalue weighted by atomic mass is 10.1. The van der Waals surface area contributed by atoms with Crippen LogP contribution < -0.4 is 11.5 Å². The van der Waals surface area contributed by atoms with Crippen molar-refractivity contribution in [2.24, 2.45) is 11.5 Å². The van der Waals surface area contributed by atoms with Gasteiger partial charge in [-0.15, -0.1) is 0 Å². The molecule has 104 valence electrons. The molecule has 0 saturated heterocycles. The van der Waals surface area contributed by atoms with Gasteiger partial charge in [-0.05, 0) is 24.8 Å². The number of rotatable bonds is 8. The molecule has 1 aromatic carbocycles. The molecule has 2 atom stereocenters. The first kappa shape index (κ1) is 15.3. The van der Waals surface area contributed by atoms with Crippen molar-refractivity contribution in [2.75, 3.05) is 0 Å². The van der Waals surface area contributed by atoms with Gasteiger partial charge in [-0.3, -0.25) is 4.79 Å². The van der Waals surface area contributed by atoms with Gasteiger partial charge in [-0.1, -0.05) is 30.3 Å². The SMILES string of the molecule is NC(CCC[C@H](N)C=O)C(=O)OCc1ccccc1. The first-order valence-corrected chi connectivity index (χ1v) is 6.30. The Hall–Kier alpha value is -1.72. The van der Waals surface area contributed by atoms with Crippen LogP contribution in [0.5, 0.6) is 0 Å². The van der Waals surface area contributed by atoms with Crippen molar-refractivity contribution in [1.82, 2.24) is 0 Å². The maximum Gasteiger partial charge on any atom is 0.323 e. The Morgan fingerprint density at radius 3 is 2.53 bits per heavy atom. The van der Waals surface area contributed by atoms with E-state index in [2.05, 4.69) is 0 Å². The molecule has 5 heteroatoms. The number of hydrogen-bond acceptors (Lipinski definition) is 5. The fourth-order valence-corrected chi connectivity index (χ4v) is 1.60. The molecule has 0 aromatic heterocycles. The maximum atomic E-state index is 11.6. The summed E-state index contributed by atoms with van der Waals surface area (Å²) in [6.45, 7) is 0.223. The second kappa shape index (κ2) is 8.39. The Morgan fingerprint density at radius 1 is 1.21 bits per heavy atom. The number of hydrogen-bond donors (Lipinski definition) is 2. The van der Waals surface area contributed by atoms with E-state index in [4.69, 9.17) is 16.2 Å². The zero-order valence-corrected chi connectivity index (χ0v) is 10.8. The zero-order chi connectivity index (χ0) is 14.1. The Balaban J connectivity index is 2.23. The third-order valence-corrected chi connectivity index (χ3v) is 2.75. The van der Waals surface area contributed by atoms with Crippen LogP contribution in [-0.2, 0) is 20.9 Å². The van der Waals surface area contributed by atoms with Crippen molar-refractivity contribution in [3.05, 3.63) is 35.9 Å². The number of ether oxygens (including phenoxy) is 1. The van der Waals surface area contributed by atoms with Gasteiger partial charge in [-0.25, -0.2) is 0 Å². The number of esters is 1. The van der Waals surface area contributed by atoms with Gasteiger partial charge < -0.3 is 21.0 Å². The number of aldehydes is 1.